The van der Waals surface area contributed by atoms with E-state index in [1.807, 2.05) is 6.07 Å². The maximum absolute atomic E-state index is 14.6. The lowest BCUT2D eigenvalue weighted by Crippen LogP contribution is -2.53. The molecule has 202 valence electrons. The van der Waals surface area contributed by atoms with Gasteiger partial charge in [0.15, 0.2) is 0 Å². The first-order chi connectivity index (χ1) is 17.9. The second kappa shape index (κ2) is 12.8. The van der Waals surface area contributed by atoms with Crippen molar-refractivity contribution in [3.05, 3.63) is 98.7 Å². The lowest BCUT2D eigenvalue weighted by Gasteiger charge is -2.33. The Kier molecular flexibility index (Phi) is 10.0. The Bertz CT molecular complexity index is 1420. The zero-order chi connectivity index (χ0) is 28.0. The highest BCUT2D eigenvalue weighted by Gasteiger charge is 2.33. The molecule has 0 unspecified atom stereocenters. The van der Waals surface area contributed by atoms with E-state index < -0.39 is 40.2 Å². The van der Waals surface area contributed by atoms with E-state index in [4.69, 9.17) is 34.8 Å². The molecule has 3 aromatic carbocycles. The molecule has 0 spiro atoms. The zero-order valence-electron chi connectivity index (χ0n) is 20.5. The van der Waals surface area contributed by atoms with E-state index >= 15 is 0 Å². The van der Waals surface area contributed by atoms with Crippen molar-refractivity contribution < 1.29 is 22.4 Å². The number of benzene rings is 3. The predicted octanol–water partition coefficient (Wildman–Crippen LogP) is 4.94. The summed E-state index contributed by atoms with van der Waals surface area (Å²) in [6, 6.07) is 16.2. The molecule has 0 aliphatic heterocycles. The first-order valence-corrected chi connectivity index (χ1v) is 14.3. The minimum absolute atomic E-state index is 0.0303. The van der Waals surface area contributed by atoms with Gasteiger partial charge in [-0.25, -0.2) is 12.8 Å². The van der Waals surface area contributed by atoms with E-state index in [9.17, 15) is 22.4 Å². The van der Waals surface area contributed by atoms with Crippen LogP contribution in [-0.4, -0.2) is 51.0 Å². The van der Waals surface area contributed by atoms with Crippen molar-refractivity contribution in [1.82, 2.24) is 10.2 Å². The molecule has 38 heavy (non-hydrogen) atoms. The molecule has 12 heteroatoms. The molecule has 3 aromatic rings. The lowest BCUT2D eigenvalue weighted by atomic mass is 10.0. The number of sulfonamides is 1. The molecular weight excluding hydrogens is 576 g/mol. The topological polar surface area (TPSA) is 86.8 Å². The Morgan fingerprint density at radius 3 is 2.16 bits per heavy atom. The molecule has 1 atom stereocenters. The molecule has 0 aliphatic rings. The molecule has 1 N–H and O–H groups in total. The minimum Gasteiger partial charge on any atom is -0.357 e. The first kappa shape index (κ1) is 29.7. The van der Waals surface area contributed by atoms with Crippen molar-refractivity contribution in [2.24, 2.45) is 0 Å². The molecule has 0 aromatic heterocycles. The van der Waals surface area contributed by atoms with Crippen LogP contribution in [0, 0.1) is 5.82 Å². The van der Waals surface area contributed by atoms with Crippen LogP contribution in [0.2, 0.25) is 15.1 Å². The molecular formula is C26H25Cl3FN3O4S. The van der Waals surface area contributed by atoms with Crippen molar-refractivity contribution in [1.29, 1.82) is 0 Å². The van der Waals surface area contributed by atoms with Gasteiger partial charge in [0.05, 0.1) is 27.0 Å². The average molecular weight is 601 g/mol. The Morgan fingerprint density at radius 2 is 1.55 bits per heavy atom. The Labute approximate surface area is 236 Å². The molecule has 0 saturated carbocycles. The van der Waals surface area contributed by atoms with Gasteiger partial charge in [-0.2, -0.15) is 0 Å². The van der Waals surface area contributed by atoms with Crippen LogP contribution in [0.25, 0.3) is 0 Å². The normalized spacial score (nSPS) is 12.1. The maximum Gasteiger partial charge on any atom is 0.244 e. The summed E-state index contributed by atoms with van der Waals surface area (Å²) < 4.78 is 41.0. The van der Waals surface area contributed by atoms with Crippen LogP contribution in [0.5, 0.6) is 0 Å². The van der Waals surface area contributed by atoms with Crippen LogP contribution >= 0.6 is 34.8 Å². The van der Waals surface area contributed by atoms with Gasteiger partial charge in [0.1, 0.15) is 18.4 Å². The van der Waals surface area contributed by atoms with Gasteiger partial charge in [-0.05, 0) is 23.8 Å². The van der Waals surface area contributed by atoms with Gasteiger partial charge in [0.25, 0.3) is 0 Å². The van der Waals surface area contributed by atoms with Crippen molar-refractivity contribution in [3.63, 3.8) is 0 Å². The van der Waals surface area contributed by atoms with Crippen molar-refractivity contribution in [2.45, 2.75) is 19.0 Å². The highest BCUT2D eigenvalue weighted by molar-refractivity contribution is 7.92. The molecule has 0 aliphatic carbocycles. The fourth-order valence-electron chi connectivity index (χ4n) is 3.83. The molecule has 0 radical (unpaired) electrons. The lowest BCUT2D eigenvalue weighted by molar-refractivity contribution is -0.139. The van der Waals surface area contributed by atoms with Gasteiger partial charge < -0.3 is 10.2 Å². The van der Waals surface area contributed by atoms with Crippen LogP contribution < -0.4 is 9.62 Å². The summed E-state index contributed by atoms with van der Waals surface area (Å²) in [4.78, 5) is 28.0. The number of nitrogens with one attached hydrogen (secondary N) is 1. The van der Waals surface area contributed by atoms with E-state index in [1.165, 1.54) is 37.4 Å². The minimum atomic E-state index is -4.07. The smallest absolute Gasteiger partial charge is 0.244 e. The monoisotopic (exact) mass is 599 g/mol. The number of halogens is 4. The Balaban J connectivity index is 2.08. The number of carbonyl (C=O) groups excluding carboxylic acids is 2. The number of nitrogens with zero attached hydrogens (tertiary/aromatic N) is 2. The van der Waals surface area contributed by atoms with Crippen LogP contribution in [0.1, 0.15) is 11.1 Å². The second-order valence-corrected chi connectivity index (χ2v) is 11.5. The summed E-state index contributed by atoms with van der Waals surface area (Å²) in [5.74, 6) is -1.84. The summed E-state index contributed by atoms with van der Waals surface area (Å²) in [6.45, 7) is -1.02. The molecule has 0 fully saturated rings. The molecule has 0 bridgehead atoms. The molecule has 0 heterocycles. The van der Waals surface area contributed by atoms with Crippen LogP contribution in [0.4, 0.5) is 10.1 Å². The van der Waals surface area contributed by atoms with E-state index in [-0.39, 0.29) is 39.3 Å². The number of amides is 2. The number of anilines is 1. The molecule has 7 nitrogen and oxygen atoms in total. The zero-order valence-corrected chi connectivity index (χ0v) is 23.6. The summed E-state index contributed by atoms with van der Waals surface area (Å²) in [5, 5.41) is 2.63. The largest absolute Gasteiger partial charge is 0.357 e. The van der Waals surface area contributed by atoms with Gasteiger partial charge >= 0.3 is 0 Å². The quantitative estimate of drug-likeness (QED) is 0.334. The summed E-state index contributed by atoms with van der Waals surface area (Å²) >= 11 is 18.4. The van der Waals surface area contributed by atoms with Crippen LogP contribution in [0.15, 0.2) is 66.7 Å². The highest BCUT2D eigenvalue weighted by Crippen LogP contribution is 2.35. The van der Waals surface area contributed by atoms with Crippen molar-refractivity contribution in [3.8, 4) is 0 Å². The number of hydrogen-bond acceptors (Lipinski definition) is 4. The third-order valence-corrected chi connectivity index (χ3v) is 7.90. The van der Waals surface area contributed by atoms with Crippen molar-refractivity contribution in [2.75, 3.05) is 24.2 Å². The van der Waals surface area contributed by atoms with Gasteiger partial charge in [0.2, 0.25) is 21.8 Å². The highest BCUT2D eigenvalue weighted by atomic mass is 35.5. The molecule has 0 saturated heterocycles. The third-order valence-electron chi connectivity index (χ3n) is 5.75. The van der Waals surface area contributed by atoms with E-state index in [0.717, 1.165) is 21.0 Å². The van der Waals surface area contributed by atoms with Gasteiger partial charge in [-0.15, -0.1) is 0 Å². The average Bonchev–Trinajstić information content (AvgIpc) is 2.87. The SMILES string of the molecule is CNC(=O)[C@H](Cc1ccccc1)N(Cc1ccccc1F)C(=O)CN(c1cc(Cl)c(Cl)cc1Cl)S(C)(=O)=O. The Morgan fingerprint density at radius 1 is 0.947 bits per heavy atom. The molecule has 3 rings (SSSR count). The number of hydrogen-bond donors (Lipinski definition) is 1. The number of rotatable bonds is 10. The summed E-state index contributed by atoms with van der Waals surface area (Å²) in [7, 11) is -2.64. The standard InChI is InChI=1S/C26H25Cl3FN3O4S/c1-31-26(35)24(12-17-8-4-3-5-9-17)32(15-18-10-6-7-11-22(18)30)25(34)16-33(38(2,36)37)23-14-20(28)19(27)13-21(23)29/h3-11,13-14,24H,12,15-16H2,1-2H3,(H,31,35)/t24-/m0/s1. The second-order valence-electron chi connectivity index (χ2n) is 8.42. The fourth-order valence-corrected chi connectivity index (χ4v) is 5.38. The number of carbonyl (C=O) groups is 2. The Hall–Kier alpha value is -2.85. The summed E-state index contributed by atoms with van der Waals surface area (Å²) in [5.41, 5.74) is 0.837. The van der Waals surface area contributed by atoms with E-state index in [0.29, 0.717) is 0 Å². The number of likely N-dealkylation sites (N-methyl/N-ethyl adjacent to an activating group) is 1. The predicted molar refractivity (Wildman–Crippen MR) is 149 cm³/mol. The van der Waals surface area contributed by atoms with Gasteiger partial charge in [0, 0.05) is 25.6 Å². The fraction of sp³-hybridized carbons (Fsp3) is 0.231. The molecule has 2 amide bonds. The van der Waals surface area contributed by atoms with Crippen LogP contribution in [0.3, 0.4) is 0 Å². The van der Waals surface area contributed by atoms with Crippen molar-refractivity contribution >= 4 is 62.3 Å². The summed E-state index contributed by atoms with van der Waals surface area (Å²) in [6.07, 6.45) is 1.01. The van der Waals surface area contributed by atoms with Crippen LogP contribution in [-0.2, 0) is 32.6 Å². The van der Waals surface area contributed by atoms with E-state index in [2.05, 4.69) is 5.32 Å². The van der Waals surface area contributed by atoms with Gasteiger partial charge in [-0.3, -0.25) is 13.9 Å². The maximum atomic E-state index is 14.6. The van der Waals surface area contributed by atoms with E-state index in [1.54, 1.807) is 30.3 Å². The van der Waals surface area contributed by atoms with Gasteiger partial charge in [-0.1, -0.05) is 83.3 Å². The third kappa shape index (κ3) is 7.38. The first-order valence-electron chi connectivity index (χ1n) is 11.3.